The van der Waals surface area contributed by atoms with E-state index >= 15 is 0 Å². The first-order valence-corrected chi connectivity index (χ1v) is 6.03. The number of hydrogen-bond donors (Lipinski definition) is 0. The molecule has 0 spiro atoms. The molecule has 2 aromatic rings. The minimum absolute atomic E-state index is 0.575. The molecular weight excluding hydrogens is 232 g/mol. The molecule has 0 amide bonds. The second kappa shape index (κ2) is 4.52. The van der Waals surface area contributed by atoms with Crippen LogP contribution in [0, 0.1) is 25.2 Å². The zero-order valence-electron chi connectivity index (χ0n) is 9.93. The SMILES string of the molecule is Cc1csc(/C(C#N)=C/c2cc(C)nn2C)n1. The van der Waals surface area contributed by atoms with Crippen molar-refractivity contribution in [3.63, 3.8) is 0 Å². The Morgan fingerprint density at radius 1 is 1.47 bits per heavy atom. The number of nitriles is 1. The van der Waals surface area contributed by atoms with Crippen molar-refractivity contribution in [2.24, 2.45) is 7.05 Å². The van der Waals surface area contributed by atoms with Gasteiger partial charge in [-0.1, -0.05) is 0 Å². The summed E-state index contributed by atoms with van der Waals surface area (Å²) in [4.78, 5) is 4.31. The molecule has 0 aliphatic carbocycles. The smallest absolute Gasteiger partial charge is 0.134 e. The molecule has 2 heterocycles. The number of hydrogen-bond acceptors (Lipinski definition) is 4. The monoisotopic (exact) mass is 244 g/mol. The van der Waals surface area contributed by atoms with Crippen LogP contribution in [-0.4, -0.2) is 14.8 Å². The summed E-state index contributed by atoms with van der Waals surface area (Å²) >= 11 is 1.48. The van der Waals surface area contributed by atoms with Crippen molar-refractivity contribution in [3.05, 3.63) is 33.5 Å². The molecular formula is C12H12N4S. The van der Waals surface area contributed by atoms with Gasteiger partial charge in [-0.15, -0.1) is 11.3 Å². The van der Waals surface area contributed by atoms with E-state index in [1.54, 1.807) is 4.68 Å². The first-order valence-electron chi connectivity index (χ1n) is 5.15. The first-order chi connectivity index (χ1) is 8.10. The number of thiazole rings is 1. The van der Waals surface area contributed by atoms with Crippen molar-refractivity contribution < 1.29 is 0 Å². The van der Waals surface area contributed by atoms with Crippen molar-refractivity contribution in [1.29, 1.82) is 5.26 Å². The second-order valence-electron chi connectivity index (χ2n) is 3.80. The van der Waals surface area contributed by atoms with E-state index in [-0.39, 0.29) is 0 Å². The Morgan fingerprint density at radius 2 is 2.24 bits per heavy atom. The van der Waals surface area contributed by atoms with Crippen molar-refractivity contribution >= 4 is 23.0 Å². The molecule has 2 aromatic heterocycles. The molecule has 0 atom stereocenters. The summed E-state index contributed by atoms with van der Waals surface area (Å²) in [5, 5.41) is 16.1. The van der Waals surface area contributed by atoms with Crippen LogP contribution in [0.15, 0.2) is 11.4 Å². The van der Waals surface area contributed by atoms with E-state index in [1.165, 1.54) is 11.3 Å². The van der Waals surface area contributed by atoms with Gasteiger partial charge in [0.2, 0.25) is 0 Å². The van der Waals surface area contributed by atoms with Gasteiger partial charge in [0, 0.05) is 18.1 Å². The van der Waals surface area contributed by atoms with Gasteiger partial charge in [0.15, 0.2) is 0 Å². The summed E-state index contributed by atoms with van der Waals surface area (Å²) in [6, 6.07) is 4.13. The molecule has 4 nitrogen and oxygen atoms in total. The van der Waals surface area contributed by atoms with Crippen LogP contribution < -0.4 is 0 Å². The van der Waals surface area contributed by atoms with Crippen molar-refractivity contribution in [2.45, 2.75) is 13.8 Å². The summed E-state index contributed by atoms with van der Waals surface area (Å²) < 4.78 is 1.76. The molecule has 0 unspecified atom stereocenters. The molecule has 0 aliphatic heterocycles. The minimum atomic E-state index is 0.575. The standard InChI is InChI=1S/C12H12N4S/c1-8-4-11(16(3)15-8)5-10(6-13)12-14-9(2)7-17-12/h4-5,7H,1-3H3/b10-5+. The summed E-state index contributed by atoms with van der Waals surface area (Å²) in [6.45, 7) is 3.85. The fourth-order valence-corrected chi connectivity index (χ4v) is 2.30. The third-order valence-corrected chi connectivity index (χ3v) is 3.29. The van der Waals surface area contributed by atoms with Gasteiger partial charge < -0.3 is 0 Å². The van der Waals surface area contributed by atoms with Gasteiger partial charge >= 0.3 is 0 Å². The van der Waals surface area contributed by atoms with E-state index in [1.807, 2.05) is 38.4 Å². The van der Waals surface area contributed by atoms with E-state index in [0.29, 0.717) is 5.57 Å². The molecule has 17 heavy (non-hydrogen) atoms. The van der Waals surface area contributed by atoms with E-state index in [0.717, 1.165) is 22.1 Å². The third-order valence-electron chi connectivity index (χ3n) is 2.30. The van der Waals surface area contributed by atoms with Crippen LogP contribution >= 0.6 is 11.3 Å². The van der Waals surface area contributed by atoms with Gasteiger partial charge in [-0.05, 0) is 26.0 Å². The Labute approximate surface area is 104 Å². The van der Waals surface area contributed by atoms with Gasteiger partial charge in [0.1, 0.15) is 11.1 Å². The lowest BCUT2D eigenvalue weighted by molar-refractivity contribution is 0.749. The van der Waals surface area contributed by atoms with Crippen LogP contribution in [0.4, 0.5) is 0 Å². The van der Waals surface area contributed by atoms with Crippen LogP contribution in [0.5, 0.6) is 0 Å². The molecule has 0 aliphatic rings. The van der Waals surface area contributed by atoms with E-state index < -0.39 is 0 Å². The minimum Gasteiger partial charge on any atom is -0.268 e. The Hall–Kier alpha value is -1.93. The van der Waals surface area contributed by atoms with Crippen LogP contribution in [0.25, 0.3) is 11.6 Å². The molecule has 0 N–H and O–H groups in total. The van der Waals surface area contributed by atoms with Gasteiger partial charge in [-0.2, -0.15) is 10.4 Å². The van der Waals surface area contributed by atoms with Gasteiger partial charge in [0.25, 0.3) is 0 Å². The average molecular weight is 244 g/mol. The van der Waals surface area contributed by atoms with E-state index in [2.05, 4.69) is 16.2 Å². The van der Waals surface area contributed by atoms with Crippen LogP contribution in [-0.2, 0) is 7.05 Å². The Morgan fingerprint density at radius 3 is 2.71 bits per heavy atom. The van der Waals surface area contributed by atoms with Crippen molar-refractivity contribution in [2.75, 3.05) is 0 Å². The molecule has 2 rings (SSSR count). The predicted molar refractivity (Wildman–Crippen MR) is 68.3 cm³/mol. The lowest BCUT2D eigenvalue weighted by Crippen LogP contribution is -1.93. The Balaban J connectivity index is 2.43. The molecule has 5 heteroatoms. The zero-order chi connectivity index (χ0) is 12.4. The van der Waals surface area contributed by atoms with Crippen LogP contribution in [0.3, 0.4) is 0 Å². The maximum Gasteiger partial charge on any atom is 0.134 e. The summed E-state index contributed by atoms with van der Waals surface area (Å²) in [7, 11) is 1.86. The quantitative estimate of drug-likeness (QED) is 0.763. The van der Waals surface area contributed by atoms with Crippen molar-refractivity contribution in [1.82, 2.24) is 14.8 Å². The van der Waals surface area contributed by atoms with Gasteiger partial charge in [-0.25, -0.2) is 4.98 Å². The fourth-order valence-electron chi connectivity index (χ4n) is 1.53. The van der Waals surface area contributed by atoms with E-state index in [9.17, 15) is 0 Å². The fraction of sp³-hybridized carbons (Fsp3) is 0.250. The molecule has 0 fully saturated rings. The molecule has 0 saturated heterocycles. The molecule has 86 valence electrons. The molecule has 0 bridgehead atoms. The highest BCUT2D eigenvalue weighted by Crippen LogP contribution is 2.21. The molecule has 0 radical (unpaired) electrons. The highest BCUT2D eigenvalue weighted by Gasteiger charge is 2.07. The number of allylic oxidation sites excluding steroid dienone is 1. The zero-order valence-corrected chi connectivity index (χ0v) is 10.7. The normalized spacial score (nSPS) is 11.5. The lowest BCUT2D eigenvalue weighted by atomic mass is 10.2. The summed E-state index contributed by atoms with van der Waals surface area (Å²) in [6.07, 6.45) is 1.82. The Bertz CT molecular complexity index is 613. The number of aryl methyl sites for hydroxylation is 3. The van der Waals surface area contributed by atoms with Crippen molar-refractivity contribution in [3.8, 4) is 6.07 Å². The van der Waals surface area contributed by atoms with E-state index in [4.69, 9.17) is 5.26 Å². The predicted octanol–water partition coefficient (Wildman–Crippen LogP) is 2.56. The summed E-state index contributed by atoms with van der Waals surface area (Å²) in [5.74, 6) is 0. The van der Waals surface area contributed by atoms with Gasteiger partial charge in [-0.3, -0.25) is 4.68 Å². The topological polar surface area (TPSA) is 54.5 Å². The number of rotatable bonds is 2. The summed E-state index contributed by atoms with van der Waals surface area (Å²) in [5.41, 5.74) is 3.36. The maximum atomic E-state index is 9.17. The average Bonchev–Trinajstić information content (AvgIpc) is 2.82. The highest BCUT2D eigenvalue weighted by atomic mass is 32.1. The second-order valence-corrected chi connectivity index (χ2v) is 4.66. The Kier molecular flexibility index (Phi) is 3.07. The first kappa shape index (κ1) is 11.6. The lowest BCUT2D eigenvalue weighted by Gasteiger charge is -1.95. The van der Waals surface area contributed by atoms with Crippen LogP contribution in [0.1, 0.15) is 22.1 Å². The molecule has 0 aromatic carbocycles. The third kappa shape index (κ3) is 2.43. The highest BCUT2D eigenvalue weighted by molar-refractivity contribution is 7.11. The maximum absolute atomic E-state index is 9.17. The van der Waals surface area contributed by atoms with Gasteiger partial charge in [0.05, 0.1) is 17.0 Å². The number of nitrogens with zero attached hydrogens (tertiary/aromatic N) is 4. The largest absolute Gasteiger partial charge is 0.268 e. The number of aromatic nitrogens is 3. The van der Waals surface area contributed by atoms with Crippen LogP contribution in [0.2, 0.25) is 0 Å². The molecule has 0 saturated carbocycles.